The first-order valence-electron chi connectivity index (χ1n) is 11.7. The molecule has 0 saturated carbocycles. The van der Waals surface area contributed by atoms with Crippen LogP contribution in [0.1, 0.15) is 34.3 Å². The smallest absolute Gasteiger partial charge is 0.416 e. The number of benzene rings is 2. The van der Waals surface area contributed by atoms with Crippen LogP contribution < -0.4 is 20.7 Å². The zero-order valence-electron chi connectivity index (χ0n) is 20.4. The van der Waals surface area contributed by atoms with Crippen molar-refractivity contribution < 1.29 is 41.1 Å². The number of aryl methyl sites for hydroxylation is 1. The number of carboxylic acids is 1. The summed E-state index contributed by atoms with van der Waals surface area (Å²) in [6.45, 7) is 0.749. The molecule has 0 aliphatic carbocycles. The maximum atomic E-state index is 12.7. The number of carbonyl (C=O) groups excluding carboxylic acids is 2. The number of hydrogen-bond donors (Lipinski definition) is 5. The summed E-state index contributed by atoms with van der Waals surface area (Å²) >= 11 is 0. The molecule has 0 saturated heterocycles. The van der Waals surface area contributed by atoms with Gasteiger partial charge >= 0.3 is 12.1 Å². The van der Waals surface area contributed by atoms with Gasteiger partial charge in [0.15, 0.2) is 5.96 Å². The van der Waals surface area contributed by atoms with Crippen molar-refractivity contribution in [2.75, 3.05) is 19.6 Å². The average Bonchev–Trinajstić information content (AvgIpc) is 2.90. The number of nitrogens with zero attached hydrogens (tertiary/aromatic N) is 1. The number of carbonyl (C=O) groups is 3. The van der Waals surface area contributed by atoms with Gasteiger partial charge in [-0.2, -0.15) is 17.9 Å². The molecule has 0 fully saturated rings. The molecule has 1 atom stereocenters. The van der Waals surface area contributed by atoms with E-state index in [-0.39, 0.29) is 17.9 Å². The van der Waals surface area contributed by atoms with Gasteiger partial charge in [0.2, 0.25) is 15.9 Å². The Morgan fingerprint density at radius 2 is 1.72 bits per heavy atom. The first-order chi connectivity index (χ1) is 18.3. The molecule has 0 bridgehead atoms. The van der Waals surface area contributed by atoms with Crippen LogP contribution in [0.3, 0.4) is 0 Å². The molecule has 2 aromatic carbocycles. The highest BCUT2D eigenvalue weighted by molar-refractivity contribution is 7.89. The number of aliphatic carboxylic acids is 1. The predicted octanol–water partition coefficient (Wildman–Crippen LogP) is 1.27. The Morgan fingerprint density at radius 1 is 1.05 bits per heavy atom. The first-order valence-corrected chi connectivity index (χ1v) is 13.2. The summed E-state index contributed by atoms with van der Waals surface area (Å²) < 4.78 is 65.0. The van der Waals surface area contributed by atoms with Crippen LogP contribution in [0.2, 0.25) is 0 Å². The molecule has 0 radical (unpaired) electrons. The van der Waals surface area contributed by atoms with Crippen molar-refractivity contribution in [2.45, 2.75) is 36.4 Å². The van der Waals surface area contributed by atoms with Crippen LogP contribution in [-0.2, 0) is 32.2 Å². The normalized spacial score (nSPS) is 14.5. The number of amides is 2. The van der Waals surface area contributed by atoms with E-state index in [9.17, 15) is 41.1 Å². The quantitative estimate of drug-likeness (QED) is 0.287. The molecule has 3 rings (SSSR count). The van der Waals surface area contributed by atoms with E-state index in [1.54, 1.807) is 12.1 Å². The monoisotopic (exact) mass is 569 g/mol. The molecule has 1 heterocycles. The number of guanidine groups is 1. The van der Waals surface area contributed by atoms with Gasteiger partial charge in [0.05, 0.1) is 10.5 Å². The summed E-state index contributed by atoms with van der Waals surface area (Å²) in [7, 11) is -4.50. The average molecular weight is 570 g/mol. The van der Waals surface area contributed by atoms with Crippen LogP contribution in [0, 0.1) is 0 Å². The summed E-state index contributed by atoms with van der Waals surface area (Å²) in [6.07, 6.45) is -3.19. The first kappa shape index (κ1) is 29.6. The van der Waals surface area contributed by atoms with Crippen molar-refractivity contribution in [3.05, 3.63) is 65.2 Å². The van der Waals surface area contributed by atoms with Crippen molar-refractivity contribution in [3.8, 4) is 0 Å². The number of sulfonamides is 1. The molecule has 5 N–H and O–H groups in total. The molecule has 11 nitrogen and oxygen atoms in total. The molecule has 39 heavy (non-hydrogen) atoms. The summed E-state index contributed by atoms with van der Waals surface area (Å²) in [5.41, 5.74) is -0.129. The fraction of sp³-hybridized carbons (Fsp3) is 0.333. The zero-order valence-corrected chi connectivity index (χ0v) is 21.2. The standard InChI is InChI=1S/C24H26F3N5O6S/c25-24(26,27)17-7-9-18(10-8-17)39(37,38)32-19(22(35)36)14-30-21(34)16-5-2-15(3-6-16)4-11-20(33)31-23-28-12-1-13-29-23/h2-3,5-10,19,32H,1,4,11-14H2,(H,30,34)(H,35,36)(H2,28,29,31,33). The number of hydrogen-bond acceptors (Lipinski definition) is 7. The Hall–Kier alpha value is -3.98. The highest BCUT2D eigenvalue weighted by Gasteiger charge is 2.31. The highest BCUT2D eigenvalue weighted by Crippen LogP contribution is 2.29. The van der Waals surface area contributed by atoms with Crippen LogP contribution in [0.4, 0.5) is 13.2 Å². The number of rotatable bonds is 10. The van der Waals surface area contributed by atoms with E-state index < -0.39 is 51.1 Å². The van der Waals surface area contributed by atoms with Gasteiger partial charge in [0.25, 0.3) is 5.91 Å². The minimum atomic E-state index is -4.67. The molecule has 1 aliphatic rings. The molecule has 1 unspecified atom stereocenters. The number of alkyl halides is 3. The van der Waals surface area contributed by atoms with E-state index >= 15 is 0 Å². The second-order valence-corrected chi connectivity index (χ2v) is 10.2. The van der Waals surface area contributed by atoms with Gasteiger partial charge in [-0.1, -0.05) is 12.1 Å². The van der Waals surface area contributed by atoms with E-state index in [2.05, 4.69) is 20.9 Å². The fourth-order valence-electron chi connectivity index (χ4n) is 3.45. The second kappa shape index (κ2) is 12.7. The maximum absolute atomic E-state index is 12.7. The van der Waals surface area contributed by atoms with Gasteiger partial charge in [0.1, 0.15) is 6.04 Å². The number of nitrogens with one attached hydrogen (secondary N) is 4. The number of carboxylic acid groups (broad SMARTS) is 1. The third kappa shape index (κ3) is 8.78. The third-order valence-electron chi connectivity index (χ3n) is 5.57. The van der Waals surface area contributed by atoms with Gasteiger partial charge in [-0.25, -0.2) is 8.42 Å². The minimum Gasteiger partial charge on any atom is -0.480 e. The summed E-state index contributed by atoms with van der Waals surface area (Å²) in [4.78, 5) is 39.7. The predicted molar refractivity (Wildman–Crippen MR) is 133 cm³/mol. The molecule has 210 valence electrons. The third-order valence-corrected chi connectivity index (χ3v) is 7.05. The number of halogens is 3. The molecule has 15 heteroatoms. The van der Waals surface area contributed by atoms with E-state index in [1.807, 2.05) is 4.72 Å². The van der Waals surface area contributed by atoms with Gasteiger partial charge in [-0.15, -0.1) is 0 Å². The van der Waals surface area contributed by atoms with Crippen molar-refractivity contribution in [2.24, 2.45) is 4.99 Å². The topological polar surface area (TPSA) is 166 Å². The van der Waals surface area contributed by atoms with Crippen molar-refractivity contribution in [1.29, 1.82) is 0 Å². The fourth-order valence-corrected chi connectivity index (χ4v) is 4.64. The molecule has 2 amide bonds. The maximum Gasteiger partial charge on any atom is 0.416 e. The van der Waals surface area contributed by atoms with Crippen molar-refractivity contribution in [3.63, 3.8) is 0 Å². The Balaban J connectivity index is 1.52. The minimum absolute atomic E-state index is 0.165. The molecule has 0 spiro atoms. The van der Waals surface area contributed by atoms with E-state index in [1.165, 1.54) is 12.1 Å². The van der Waals surface area contributed by atoms with Gasteiger partial charge in [0, 0.05) is 31.6 Å². The van der Waals surface area contributed by atoms with Crippen LogP contribution in [0.25, 0.3) is 0 Å². The highest BCUT2D eigenvalue weighted by atomic mass is 32.2. The van der Waals surface area contributed by atoms with Crippen molar-refractivity contribution >= 4 is 33.8 Å². The molecule has 0 aromatic heterocycles. The zero-order chi connectivity index (χ0) is 28.6. The summed E-state index contributed by atoms with van der Waals surface area (Å²) in [5, 5.41) is 17.4. The van der Waals surface area contributed by atoms with Crippen molar-refractivity contribution in [1.82, 2.24) is 20.7 Å². The molecule has 2 aromatic rings. The lowest BCUT2D eigenvalue weighted by molar-refractivity contribution is -0.139. The number of aliphatic imine (C=N–C) groups is 1. The van der Waals surface area contributed by atoms with Crippen LogP contribution in [0.15, 0.2) is 58.4 Å². The summed E-state index contributed by atoms with van der Waals surface area (Å²) in [6, 6.07) is 6.93. The van der Waals surface area contributed by atoms with E-state index in [0.717, 1.165) is 18.5 Å². The molecular weight excluding hydrogens is 543 g/mol. The van der Waals surface area contributed by atoms with Gasteiger partial charge in [-0.3, -0.25) is 24.7 Å². The van der Waals surface area contributed by atoms with Crippen LogP contribution in [0.5, 0.6) is 0 Å². The Bertz CT molecular complexity index is 1330. The second-order valence-electron chi connectivity index (χ2n) is 8.50. The van der Waals surface area contributed by atoms with Crippen LogP contribution >= 0.6 is 0 Å². The van der Waals surface area contributed by atoms with Crippen LogP contribution in [-0.4, -0.2) is 62.9 Å². The Morgan fingerprint density at radius 3 is 2.28 bits per heavy atom. The Labute approximate surface area is 221 Å². The summed E-state index contributed by atoms with van der Waals surface area (Å²) in [5.74, 6) is -2.06. The lowest BCUT2D eigenvalue weighted by Gasteiger charge is -2.16. The molecular formula is C24H26F3N5O6S. The lowest BCUT2D eigenvalue weighted by atomic mass is 10.1. The SMILES string of the molecule is O=C(CCc1ccc(C(=O)NCC(NS(=O)(=O)c2ccc(C(F)(F)F)cc2)C(=O)O)cc1)NC1=NCCCN1. The van der Waals surface area contributed by atoms with E-state index in [0.29, 0.717) is 43.2 Å². The van der Waals surface area contributed by atoms with Gasteiger partial charge in [-0.05, 0) is 54.8 Å². The molecule has 1 aliphatic heterocycles. The Kier molecular flexibility index (Phi) is 9.64. The van der Waals surface area contributed by atoms with Gasteiger partial charge < -0.3 is 15.7 Å². The van der Waals surface area contributed by atoms with E-state index in [4.69, 9.17) is 0 Å². The lowest BCUT2D eigenvalue weighted by Crippen LogP contribution is -2.48. The largest absolute Gasteiger partial charge is 0.480 e.